The SMILES string of the molecule is CON=C(C(=O)NC1C(=O)N2C(C(=O)OC(c3ccccc3)c3ccccc3)=C(C=CSc3ccccn3)CSC12)c1csc(NC(c2ccccc2)(c2ccccc2)c2ccccc2)n1. The van der Waals surface area contributed by atoms with Crippen LogP contribution in [0.25, 0.3) is 0 Å². The van der Waals surface area contributed by atoms with Crippen molar-refractivity contribution in [1.82, 2.24) is 20.2 Å². The van der Waals surface area contributed by atoms with Crippen molar-refractivity contribution in [3.8, 4) is 0 Å². The number of nitrogens with zero attached hydrogens (tertiary/aromatic N) is 4. The molecule has 328 valence electrons. The molecule has 2 amide bonds. The van der Waals surface area contributed by atoms with E-state index in [-0.39, 0.29) is 17.1 Å². The summed E-state index contributed by atoms with van der Waals surface area (Å²) in [5.74, 6) is -1.44. The topological polar surface area (TPSA) is 135 Å². The number of fused-ring (bicyclic) bond motifs is 1. The van der Waals surface area contributed by atoms with Crippen molar-refractivity contribution in [1.29, 1.82) is 0 Å². The summed E-state index contributed by atoms with van der Waals surface area (Å²) in [6.45, 7) is 0. The molecule has 0 aliphatic carbocycles. The normalized spacial score (nSPS) is 16.1. The number of thiazole rings is 1. The number of thioether (sulfide) groups is 2. The van der Waals surface area contributed by atoms with Gasteiger partial charge in [0, 0.05) is 17.3 Å². The van der Waals surface area contributed by atoms with E-state index >= 15 is 0 Å². The number of carbonyl (C=O) groups is 3. The summed E-state index contributed by atoms with van der Waals surface area (Å²) >= 11 is 4.13. The number of carbonyl (C=O) groups excluding carboxylic acids is 3. The number of hydrogen-bond donors (Lipinski definition) is 2. The Kier molecular flexibility index (Phi) is 13.5. The number of hydrogen-bond acceptors (Lipinski definition) is 12. The lowest BCUT2D eigenvalue weighted by Gasteiger charge is -2.49. The van der Waals surface area contributed by atoms with E-state index in [1.54, 1.807) is 11.6 Å². The van der Waals surface area contributed by atoms with Gasteiger partial charge in [0.25, 0.3) is 11.8 Å². The third-order valence-corrected chi connectivity index (χ3v) is 13.9. The molecule has 2 aliphatic heterocycles. The first-order valence-electron chi connectivity index (χ1n) is 21.0. The summed E-state index contributed by atoms with van der Waals surface area (Å²) < 4.78 is 6.33. The van der Waals surface area contributed by atoms with Crippen LogP contribution in [0.1, 0.15) is 39.6 Å². The van der Waals surface area contributed by atoms with Gasteiger partial charge in [0.2, 0.25) is 0 Å². The number of pyridine rings is 1. The first-order chi connectivity index (χ1) is 32.4. The fourth-order valence-electron chi connectivity index (χ4n) is 8.00. The quantitative estimate of drug-likeness (QED) is 0.0241. The zero-order chi connectivity index (χ0) is 45.3. The summed E-state index contributed by atoms with van der Waals surface area (Å²) in [6, 6.07) is 53.9. The average molecular weight is 927 g/mol. The number of amides is 2. The van der Waals surface area contributed by atoms with Gasteiger partial charge in [0.15, 0.2) is 16.9 Å². The lowest BCUT2D eigenvalue weighted by Crippen LogP contribution is -2.71. The Morgan fingerprint density at radius 3 is 1.91 bits per heavy atom. The van der Waals surface area contributed by atoms with Crippen LogP contribution < -0.4 is 10.6 Å². The molecule has 4 heterocycles. The van der Waals surface area contributed by atoms with Crippen LogP contribution in [0.5, 0.6) is 0 Å². The molecule has 2 atom stereocenters. The number of ether oxygens (including phenoxy) is 1. The Balaban J connectivity index is 0.985. The minimum Gasteiger partial charge on any atom is -0.448 e. The maximum absolute atomic E-state index is 14.5. The number of β-lactam (4-membered cyclic amide) rings is 1. The summed E-state index contributed by atoms with van der Waals surface area (Å²) in [6.07, 6.45) is 2.78. The van der Waals surface area contributed by atoms with Crippen LogP contribution in [0.4, 0.5) is 5.13 Å². The summed E-state index contributed by atoms with van der Waals surface area (Å²) in [5, 5.41) is 15.0. The smallest absolute Gasteiger partial charge is 0.356 e. The van der Waals surface area contributed by atoms with E-state index in [0.29, 0.717) is 16.5 Å². The molecule has 0 spiro atoms. The van der Waals surface area contributed by atoms with Crippen molar-refractivity contribution in [3.63, 3.8) is 0 Å². The van der Waals surface area contributed by atoms with Crippen molar-refractivity contribution in [2.75, 3.05) is 18.2 Å². The van der Waals surface area contributed by atoms with Crippen molar-refractivity contribution in [2.24, 2.45) is 5.16 Å². The molecule has 14 heteroatoms. The fourth-order valence-corrected chi connectivity index (χ4v) is 10.7. The number of aromatic nitrogens is 2. The molecule has 2 aromatic heterocycles. The molecule has 2 N–H and O–H groups in total. The monoisotopic (exact) mass is 926 g/mol. The number of oxime groups is 1. The lowest BCUT2D eigenvalue weighted by atomic mass is 9.77. The molecule has 66 heavy (non-hydrogen) atoms. The zero-order valence-electron chi connectivity index (χ0n) is 35.5. The van der Waals surface area contributed by atoms with Crippen LogP contribution in [0.2, 0.25) is 0 Å². The maximum atomic E-state index is 14.5. The third-order valence-electron chi connectivity index (χ3n) is 11.1. The first kappa shape index (κ1) is 44.0. The second-order valence-electron chi connectivity index (χ2n) is 15.1. The second kappa shape index (κ2) is 20.3. The summed E-state index contributed by atoms with van der Waals surface area (Å²) in [7, 11) is 1.35. The molecule has 11 nitrogen and oxygen atoms in total. The van der Waals surface area contributed by atoms with E-state index in [0.717, 1.165) is 32.8 Å². The Hall–Kier alpha value is -7.26. The minimum absolute atomic E-state index is 0.113. The van der Waals surface area contributed by atoms with Gasteiger partial charge in [-0.3, -0.25) is 14.5 Å². The molecule has 2 unspecified atom stereocenters. The van der Waals surface area contributed by atoms with Crippen LogP contribution in [-0.2, 0) is 29.5 Å². The molecule has 7 aromatic rings. The molecule has 0 saturated carbocycles. The number of benzene rings is 5. The zero-order valence-corrected chi connectivity index (χ0v) is 37.9. The predicted molar refractivity (Wildman–Crippen MR) is 261 cm³/mol. The number of anilines is 1. The van der Waals surface area contributed by atoms with Crippen LogP contribution >= 0.6 is 34.9 Å². The van der Waals surface area contributed by atoms with E-state index in [1.165, 1.54) is 46.9 Å². The fraction of sp³-hybridized carbons (Fsp3) is 0.115. The van der Waals surface area contributed by atoms with E-state index in [2.05, 4.69) is 57.2 Å². The molecule has 0 radical (unpaired) electrons. The predicted octanol–water partition coefficient (Wildman–Crippen LogP) is 9.59. The molecule has 2 aliphatic rings. The van der Waals surface area contributed by atoms with E-state index in [9.17, 15) is 14.4 Å². The van der Waals surface area contributed by atoms with Gasteiger partial charge < -0.3 is 20.2 Å². The number of rotatable bonds is 16. The largest absolute Gasteiger partial charge is 0.448 e. The van der Waals surface area contributed by atoms with Gasteiger partial charge in [-0.05, 0) is 57.0 Å². The van der Waals surface area contributed by atoms with Crippen molar-refractivity contribution >= 4 is 63.5 Å². The molecule has 1 saturated heterocycles. The molecule has 0 bridgehead atoms. The standard InChI is InChI=1S/C52H42N6O5S3/c1-62-57-43(41-34-66-51(54-41)56-52(38-23-11-4-12-24-38,39-25-13-5-14-26-39)40-27-15-6-16-28-40)47(59)55-44-48(60)58-45(37(33-65-49(44)58)30-32-64-42-29-17-18-31-53-42)50(61)63-46(35-19-7-2-8-20-35)36-21-9-3-10-22-36/h2-32,34,44,46,49H,33H2,1H3,(H,54,56)(H,55,59). The number of esters is 1. The van der Waals surface area contributed by atoms with E-state index < -0.39 is 40.8 Å². The maximum Gasteiger partial charge on any atom is 0.356 e. The van der Waals surface area contributed by atoms with Crippen molar-refractivity contribution in [2.45, 2.75) is 28.1 Å². The lowest BCUT2D eigenvalue weighted by molar-refractivity contribution is -0.154. The molecule has 9 rings (SSSR count). The van der Waals surface area contributed by atoms with Crippen molar-refractivity contribution < 1.29 is 24.0 Å². The Morgan fingerprint density at radius 1 is 0.803 bits per heavy atom. The average Bonchev–Trinajstić information content (AvgIpc) is 3.84. The first-order valence-corrected chi connectivity index (χ1v) is 23.8. The Bertz CT molecular complexity index is 2750. The summed E-state index contributed by atoms with van der Waals surface area (Å²) in [4.78, 5) is 59.0. The van der Waals surface area contributed by atoms with E-state index in [4.69, 9.17) is 14.6 Å². The number of allylic oxidation sites excluding steroid dienone is 1. The van der Waals surface area contributed by atoms with Crippen LogP contribution in [0.3, 0.4) is 0 Å². The third kappa shape index (κ3) is 9.16. The summed E-state index contributed by atoms with van der Waals surface area (Å²) in [5.41, 5.74) is 4.50. The van der Waals surface area contributed by atoms with Gasteiger partial charge in [-0.2, -0.15) is 0 Å². The molecular weight excluding hydrogens is 885 g/mol. The van der Waals surface area contributed by atoms with Gasteiger partial charge in [0.05, 0.1) is 0 Å². The highest BCUT2D eigenvalue weighted by molar-refractivity contribution is 8.02. The second-order valence-corrected chi connectivity index (χ2v) is 18.0. The highest BCUT2D eigenvalue weighted by atomic mass is 32.2. The van der Waals surface area contributed by atoms with Gasteiger partial charge in [0.1, 0.15) is 40.5 Å². The highest BCUT2D eigenvalue weighted by Gasteiger charge is 2.55. The van der Waals surface area contributed by atoms with Gasteiger partial charge in [-0.1, -0.05) is 175 Å². The Morgan fingerprint density at radius 2 is 1.36 bits per heavy atom. The van der Waals surface area contributed by atoms with Gasteiger partial charge >= 0.3 is 5.97 Å². The van der Waals surface area contributed by atoms with Crippen LogP contribution in [0, 0.1) is 0 Å². The van der Waals surface area contributed by atoms with Crippen molar-refractivity contribution in [3.05, 3.63) is 238 Å². The highest BCUT2D eigenvalue weighted by Crippen LogP contribution is 2.43. The number of nitrogens with one attached hydrogen (secondary N) is 2. The minimum atomic E-state index is -0.988. The van der Waals surface area contributed by atoms with E-state index in [1.807, 2.05) is 145 Å². The molecule has 5 aromatic carbocycles. The van der Waals surface area contributed by atoms with Gasteiger partial charge in [-0.25, -0.2) is 14.8 Å². The molecule has 1 fully saturated rings. The van der Waals surface area contributed by atoms with Gasteiger partial charge in [-0.15, -0.1) is 23.1 Å². The Labute approximate surface area is 394 Å². The van der Waals surface area contributed by atoms with Crippen LogP contribution in [0.15, 0.2) is 214 Å². The molecular formula is C52H42N6O5S3. The van der Waals surface area contributed by atoms with Crippen LogP contribution in [-0.4, -0.2) is 62.6 Å².